The molecular weight excluding hydrogens is 242 g/mol. The summed E-state index contributed by atoms with van der Waals surface area (Å²) in [4.78, 5) is 15.7. The van der Waals surface area contributed by atoms with Crippen LogP contribution < -0.4 is 5.32 Å². The van der Waals surface area contributed by atoms with Crippen LogP contribution in [-0.4, -0.2) is 33.6 Å². The molecule has 5 heteroatoms. The second-order valence-electron chi connectivity index (χ2n) is 5.07. The third-order valence-electron chi connectivity index (χ3n) is 3.71. The minimum absolute atomic E-state index is 0.286. The molecule has 100 valence electrons. The first-order valence-electron chi connectivity index (χ1n) is 6.65. The van der Waals surface area contributed by atoms with E-state index in [1.807, 2.05) is 6.07 Å². The lowest BCUT2D eigenvalue weighted by Gasteiger charge is -2.22. The molecule has 1 fully saturated rings. The lowest BCUT2D eigenvalue weighted by molar-refractivity contribution is 0.0688. The minimum Gasteiger partial charge on any atom is -0.477 e. The number of hydrogen-bond acceptors (Lipinski definition) is 3. The van der Waals surface area contributed by atoms with Gasteiger partial charge in [0, 0.05) is 6.42 Å². The maximum Gasteiger partial charge on any atom is 0.352 e. The van der Waals surface area contributed by atoms with Crippen LogP contribution in [0.15, 0.2) is 24.4 Å². The number of nitrogens with one attached hydrogen (secondary N) is 1. The predicted molar refractivity (Wildman–Crippen MR) is 71.4 cm³/mol. The molecule has 5 nitrogen and oxygen atoms in total. The lowest BCUT2D eigenvalue weighted by atomic mass is 9.96. The molecule has 0 saturated carbocycles. The van der Waals surface area contributed by atoms with Gasteiger partial charge in [0.05, 0.1) is 11.7 Å². The van der Waals surface area contributed by atoms with Gasteiger partial charge < -0.3 is 10.4 Å². The molecule has 1 aliphatic rings. The van der Waals surface area contributed by atoms with E-state index in [9.17, 15) is 9.90 Å². The van der Waals surface area contributed by atoms with Crippen LogP contribution in [0.25, 0.3) is 5.52 Å². The highest BCUT2D eigenvalue weighted by Crippen LogP contribution is 2.18. The van der Waals surface area contributed by atoms with Crippen LogP contribution in [0.2, 0.25) is 0 Å². The molecule has 0 aromatic carbocycles. The number of piperidine rings is 1. The Balaban J connectivity index is 1.96. The van der Waals surface area contributed by atoms with E-state index >= 15 is 0 Å². The van der Waals surface area contributed by atoms with Crippen LogP contribution in [0.5, 0.6) is 0 Å². The van der Waals surface area contributed by atoms with E-state index < -0.39 is 5.97 Å². The first-order valence-corrected chi connectivity index (χ1v) is 6.65. The van der Waals surface area contributed by atoms with Gasteiger partial charge >= 0.3 is 5.97 Å². The number of aromatic carboxylic acids is 1. The number of imidazole rings is 1. The van der Waals surface area contributed by atoms with Crippen molar-refractivity contribution in [2.24, 2.45) is 5.92 Å². The number of hydrogen-bond donors (Lipinski definition) is 2. The van der Waals surface area contributed by atoms with E-state index in [0.29, 0.717) is 5.92 Å². The van der Waals surface area contributed by atoms with Crippen molar-refractivity contribution in [3.63, 3.8) is 0 Å². The van der Waals surface area contributed by atoms with Crippen LogP contribution in [0, 0.1) is 5.92 Å². The number of aromatic nitrogens is 2. The number of nitrogens with zero attached hydrogens (tertiary/aromatic N) is 2. The van der Waals surface area contributed by atoms with Crippen LogP contribution in [0.4, 0.5) is 0 Å². The normalized spacial score (nSPS) is 19.7. The second kappa shape index (κ2) is 5.01. The molecule has 0 amide bonds. The molecule has 2 N–H and O–H groups in total. The maximum atomic E-state index is 11.3. The molecule has 2 aromatic heterocycles. The number of rotatable bonds is 3. The summed E-state index contributed by atoms with van der Waals surface area (Å²) in [5, 5.41) is 12.6. The van der Waals surface area contributed by atoms with Crippen molar-refractivity contribution in [3.05, 3.63) is 35.9 Å². The van der Waals surface area contributed by atoms with Gasteiger partial charge in [-0.05, 0) is 44.0 Å². The van der Waals surface area contributed by atoms with Crippen molar-refractivity contribution in [1.82, 2.24) is 14.7 Å². The molecule has 3 rings (SSSR count). The molecule has 1 aliphatic heterocycles. The third-order valence-corrected chi connectivity index (χ3v) is 3.71. The molecule has 1 unspecified atom stereocenters. The maximum absolute atomic E-state index is 11.3. The number of carboxylic acid groups (broad SMARTS) is 1. The highest BCUT2D eigenvalue weighted by molar-refractivity contribution is 5.86. The Morgan fingerprint density at radius 1 is 1.53 bits per heavy atom. The molecule has 0 spiro atoms. The highest BCUT2D eigenvalue weighted by atomic mass is 16.4. The van der Waals surface area contributed by atoms with Crippen molar-refractivity contribution < 1.29 is 9.90 Å². The number of fused-ring (bicyclic) bond motifs is 1. The summed E-state index contributed by atoms with van der Waals surface area (Å²) in [6.07, 6.45) is 4.93. The first kappa shape index (κ1) is 12.2. The summed E-state index contributed by atoms with van der Waals surface area (Å²) in [6, 6.07) is 5.27. The number of pyridine rings is 1. The Bertz CT molecular complexity index is 600. The molecule has 3 heterocycles. The van der Waals surface area contributed by atoms with E-state index in [4.69, 9.17) is 0 Å². The van der Waals surface area contributed by atoms with Gasteiger partial charge in [0.1, 0.15) is 11.5 Å². The topological polar surface area (TPSA) is 66.6 Å². The highest BCUT2D eigenvalue weighted by Gasteiger charge is 2.18. The molecule has 19 heavy (non-hydrogen) atoms. The van der Waals surface area contributed by atoms with Crippen molar-refractivity contribution in [2.45, 2.75) is 19.3 Å². The fourth-order valence-corrected chi connectivity index (χ4v) is 2.78. The molecular formula is C14H17N3O2. The average molecular weight is 259 g/mol. The van der Waals surface area contributed by atoms with Gasteiger partial charge in [-0.3, -0.25) is 4.40 Å². The van der Waals surface area contributed by atoms with Crippen LogP contribution >= 0.6 is 0 Å². The summed E-state index contributed by atoms with van der Waals surface area (Å²) in [5.41, 5.74) is 1.13. The van der Waals surface area contributed by atoms with Gasteiger partial charge in [-0.25, -0.2) is 9.78 Å². The zero-order chi connectivity index (χ0) is 13.2. The molecule has 0 radical (unpaired) electrons. The largest absolute Gasteiger partial charge is 0.477 e. The van der Waals surface area contributed by atoms with Gasteiger partial charge in [0.15, 0.2) is 0 Å². The first-order chi connectivity index (χ1) is 9.25. The van der Waals surface area contributed by atoms with E-state index in [1.165, 1.54) is 12.8 Å². The van der Waals surface area contributed by atoms with E-state index in [2.05, 4.69) is 10.3 Å². The van der Waals surface area contributed by atoms with Crippen molar-refractivity contribution in [2.75, 3.05) is 13.1 Å². The summed E-state index contributed by atoms with van der Waals surface area (Å²) in [7, 11) is 0. The fraction of sp³-hybridized carbons (Fsp3) is 0.429. The Hall–Kier alpha value is -1.88. The van der Waals surface area contributed by atoms with E-state index in [0.717, 1.165) is 30.9 Å². The predicted octanol–water partition coefficient (Wildman–Crippen LogP) is 1.57. The quantitative estimate of drug-likeness (QED) is 0.878. The average Bonchev–Trinajstić information content (AvgIpc) is 2.83. The van der Waals surface area contributed by atoms with Gasteiger partial charge in [-0.15, -0.1) is 0 Å². The molecule has 0 aliphatic carbocycles. The standard InChI is InChI=1S/C14H17N3O2/c18-14(19)12-5-1-4-11-9-16-13(17(11)12)7-10-3-2-6-15-8-10/h1,4-5,9-10,15H,2-3,6-8H2,(H,18,19). The number of carboxylic acids is 1. The molecule has 1 saturated heterocycles. The Labute approximate surface area is 111 Å². The van der Waals surface area contributed by atoms with Gasteiger partial charge in [-0.1, -0.05) is 6.07 Å². The van der Waals surface area contributed by atoms with Gasteiger partial charge in [0.25, 0.3) is 0 Å². The van der Waals surface area contributed by atoms with Crippen LogP contribution in [0.3, 0.4) is 0 Å². The Morgan fingerprint density at radius 2 is 2.42 bits per heavy atom. The van der Waals surface area contributed by atoms with Gasteiger partial charge in [0.2, 0.25) is 0 Å². The fourth-order valence-electron chi connectivity index (χ4n) is 2.78. The Kier molecular flexibility index (Phi) is 3.21. The summed E-state index contributed by atoms with van der Waals surface area (Å²) < 4.78 is 1.76. The monoisotopic (exact) mass is 259 g/mol. The van der Waals surface area contributed by atoms with Gasteiger partial charge in [-0.2, -0.15) is 0 Å². The number of carbonyl (C=O) groups is 1. The smallest absolute Gasteiger partial charge is 0.352 e. The van der Waals surface area contributed by atoms with Crippen molar-refractivity contribution in [3.8, 4) is 0 Å². The lowest BCUT2D eigenvalue weighted by Crippen LogP contribution is -2.31. The van der Waals surface area contributed by atoms with Crippen molar-refractivity contribution >= 4 is 11.5 Å². The van der Waals surface area contributed by atoms with Crippen LogP contribution in [0.1, 0.15) is 29.2 Å². The molecule has 2 aromatic rings. The summed E-state index contributed by atoms with van der Waals surface area (Å²) in [6.45, 7) is 2.07. The zero-order valence-electron chi connectivity index (χ0n) is 10.7. The Morgan fingerprint density at radius 3 is 3.16 bits per heavy atom. The second-order valence-corrected chi connectivity index (χ2v) is 5.07. The molecule has 0 bridgehead atoms. The molecule has 1 atom stereocenters. The summed E-state index contributed by atoms with van der Waals surface area (Å²) in [5.74, 6) is 0.481. The minimum atomic E-state index is -0.911. The summed E-state index contributed by atoms with van der Waals surface area (Å²) >= 11 is 0. The van der Waals surface area contributed by atoms with Crippen LogP contribution in [-0.2, 0) is 6.42 Å². The van der Waals surface area contributed by atoms with E-state index in [-0.39, 0.29) is 5.69 Å². The third kappa shape index (κ3) is 2.33. The zero-order valence-corrected chi connectivity index (χ0v) is 10.7. The van der Waals surface area contributed by atoms with E-state index in [1.54, 1.807) is 22.7 Å². The van der Waals surface area contributed by atoms with Crippen molar-refractivity contribution in [1.29, 1.82) is 0 Å². The SMILES string of the molecule is O=C(O)c1cccc2cnc(CC3CCCNC3)n12.